The summed E-state index contributed by atoms with van der Waals surface area (Å²) >= 11 is 0. The first-order valence-electron chi connectivity index (χ1n) is 8.88. The van der Waals surface area contributed by atoms with Gasteiger partial charge in [-0.1, -0.05) is 5.16 Å². The van der Waals surface area contributed by atoms with E-state index in [2.05, 4.69) is 25.9 Å². The van der Waals surface area contributed by atoms with E-state index in [9.17, 15) is 14.7 Å². The number of rotatable bonds is 5. The predicted octanol–water partition coefficient (Wildman–Crippen LogP) is 0.328. The van der Waals surface area contributed by atoms with Crippen LogP contribution in [-0.4, -0.2) is 61.6 Å². The van der Waals surface area contributed by atoms with Gasteiger partial charge in [0.15, 0.2) is 5.69 Å². The number of hydrogen-bond donors (Lipinski definition) is 3. The Balaban J connectivity index is 1.53. The van der Waals surface area contributed by atoms with Crippen LogP contribution in [0.15, 0.2) is 10.6 Å². The van der Waals surface area contributed by atoms with Crippen molar-refractivity contribution in [2.75, 3.05) is 7.05 Å². The second kappa shape index (κ2) is 7.87. The Bertz CT molecular complexity index is 816. The quantitative estimate of drug-likeness (QED) is 0.683. The third kappa shape index (κ3) is 4.33. The monoisotopic (exact) mass is 376 g/mol. The minimum atomic E-state index is -0.799. The molecule has 10 heteroatoms. The highest BCUT2D eigenvalue weighted by atomic mass is 16.5. The van der Waals surface area contributed by atoms with E-state index in [1.165, 1.54) is 0 Å². The van der Waals surface area contributed by atoms with E-state index >= 15 is 0 Å². The van der Waals surface area contributed by atoms with Crippen LogP contribution in [0.25, 0.3) is 0 Å². The Kier molecular flexibility index (Phi) is 5.54. The second-order valence-electron chi connectivity index (χ2n) is 7.04. The average molecular weight is 376 g/mol. The van der Waals surface area contributed by atoms with Gasteiger partial charge in [0, 0.05) is 19.0 Å². The molecule has 1 aliphatic carbocycles. The molecule has 2 amide bonds. The van der Waals surface area contributed by atoms with Crippen molar-refractivity contribution in [3.8, 4) is 0 Å². The summed E-state index contributed by atoms with van der Waals surface area (Å²) in [4.78, 5) is 26.5. The number of aromatic amines is 1. The molecule has 0 spiro atoms. The lowest BCUT2D eigenvalue weighted by atomic mass is 9.83. The highest BCUT2D eigenvalue weighted by molar-refractivity contribution is 5.93. The normalized spacial score (nSPS) is 22.4. The molecule has 1 saturated carbocycles. The number of aliphatic hydroxyl groups is 1. The molecule has 2 aromatic rings. The summed E-state index contributed by atoms with van der Waals surface area (Å²) in [5, 5.41) is 27.1. The molecule has 0 aromatic carbocycles. The molecule has 146 valence electrons. The van der Waals surface area contributed by atoms with Crippen molar-refractivity contribution in [1.29, 1.82) is 0 Å². The number of aliphatic hydroxyl groups excluding tert-OH is 1. The van der Waals surface area contributed by atoms with E-state index < -0.39 is 12.1 Å². The Morgan fingerprint density at radius 1 is 1.37 bits per heavy atom. The largest absolute Gasteiger partial charge is 0.391 e. The van der Waals surface area contributed by atoms with Gasteiger partial charge in [0.25, 0.3) is 5.91 Å². The van der Waals surface area contributed by atoms with E-state index in [0.717, 1.165) is 0 Å². The van der Waals surface area contributed by atoms with Gasteiger partial charge in [-0.15, -0.1) is 0 Å². The molecule has 0 aliphatic heterocycles. The zero-order chi connectivity index (χ0) is 19.6. The first kappa shape index (κ1) is 19.0. The van der Waals surface area contributed by atoms with E-state index in [0.29, 0.717) is 43.0 Å². The van der Waals surface area contributed by atoms with Crippen LogP contribution in [-0.2, 0) is 11.3 Å². The molecular formula is C17H24N6O4. The van der Waals surface area contributed by atoms with Crippen LogP contribution in [0.2, 0.25) is 0 Å². The van der Waals surface area contributed by atoms with Gasteiger partial charge >= 0.3 is 0 Å². The van der Waals surface area contributed by atoms with E-state index in [1.807, 2.05) is 0 Å². The summed E-state index contributed by atoms with van der Waals surface area (Å²) in [6, 6.07) is 1.37. The van der Waals surface area contributed by atoms with Crippen LogP contribution < -0.4 is 5.32 Å². The molecule has 2 heterocycles. The fraction of sp³-hybridized carbons (Fsp3) is 0.588. The minimum absolute atomic E-state index is 0.0492. The Labute approximate surface area is 156 Å². The maximum Gasteiger partial charge on any atom is 0.274 e. The van der Waals surface area contributed by atoms with Crippen molar-refractivity contribution < 1.29 is 19.2 Å². The Morgan fingerprint density at radius 2 is 2.15 bits per heavy atom. The van der Waals surface area contributed by atoms with Gasteiger partial charge in [0.05, 0.1) is 24.4 Å². The molecule has 3 atom stereocenters. The number of carbonyl (C=O) groups is 2. The van der Waals surface area contributed by atoms with Crippen LogP contribution in [0.4, 0.5) is 0 Å². The Hall–Kier alpha value is -2.75. The maximum absolute atomic E-state index is 12.7. The lowest BCUT2D eigenvalue weighted by Gasteiger charge is -2.34. The molecule has 3 rings (SSSR count). The standard InChI is InChI=1S/C17H24N6O4/c1-9-6-12(21-27-9)8-23(3)17(26)11-4-5-13(14(24)7-11)18-16(25)15-10(2)19-22-20-15/h6,11,13-14,24H,4-5,7-8H2,1-3H3,(H,18,25)(H,19,20,22)/t11-,13+,14+/m0/s1. The smallest absolute Gasteiger partial charge is 0.274 e. The number of nitrogens with one attached hydrogen (secondary N) is 2. The molecule has 3 N–H and O–H groups in total. The molecule has 0 radical (unpaired) electrons. The number of aryl methyl sites for hydroxylation is 2. The van der Waals surface area contributed by atoms with Gasteiger partial charge < -0.3 is 19.8 Å². The zero-order valence-electron chi connectivity index (χ0n) is 15.6. The number of hydrogen-bond acceptors (Lipinski definition) is 7. The van der Waals surface area contributed by atoms with Crippen molar-refractivity contribution in [2.45, 2.75) is 51.8 Å². The van der Waals surface area contributed by atoms with E-state index in [1.54, 1.807) is 31.9 Å². The summed E-state index contributed by atoms with van der Waals surface area (Å²) in [7, 11) is 1.71. The Morgan fingerprint density at radius 3 is 2.74 bits per heavy atom. The highest BCUT2D eigenvalue weighted by Crippen LogP contribution is 2.27. The fourth-order valence-electron chi connectivity index (χ4n) is 3.40. The van der Waals surface area contributed by atoms with Gasteiger partial charge in [-0.05, 0) is 33.1 Å². The van der Waals surface area contributed by atoms with Crippen molar-refractivity contribution in [3.63, 3.8) is 0 Å². The fourth-order valence-corrected chi connectivity index (χ4v) is 3.40. The summed E-state index contributed by atoms with van der Waals surface area (Å²) in [5.74, 6) is -0.0276. The van der Waals surface area contributed by atoms with Gasteiger partial charge in [0.1, 0.15) is 11.5 Å². The maximum atomic E-state index is 12.7. The van der Waals surface area contributed by atoms with Crippen molar-refractivity contribution >= 4 is 11.8 Å². The lowest BCUT2D eigenvalue weighted by Crippen LogP contribution is -2.49. The number of H-pyrrole nitrogens is 1. The van der Waals surface area contributed by atoms with Crippen LogP contribution in [0.3, 0.4) is 0 Å². The summed E-state index contributed by atoms with van der Waals surface area (Å²) in [6.45, 7) is 3.83. The molecule has 0 unspecified atom stereocenters. The number of aromatic nitrogens is 4. The zero-order valence-corrected chi connectivity index (χ0v) is 15.6. The lowest BCUT2D eigenvalue weighted by molar-refractivity contribution is -0.137. The molecule has 2 aromatic heterocycles. The number of nitrogens with zero attached hydrogens (tertiary/aromatic N) is 4. The SMILES string of the molecule is Cc1cc(CN(C)C(=O)[C@H]2CC[C@@H](NC(=O)c3n[nH]nc3C)[C@H](O)C2)no1. The molecule has 0 saturated heterocycles. The van der Waals surface area contributed by atoms with Gasteiger partial charge in [-0.3, -0.25) is 9.59 Å². The van der Waals surface area contributed by atoms with Crippen molar-refractivity contribution in [2.24, 2.45) is 5.92 Å². The van der Waals surface area contributed by atoms with E-state index in [4.69, 9.17) is 4.52 Å². The van der Waals surface area contributed by atoms with Crippen molar-refractivity contribution in [1.82, 2.24) is 30.8 Å². The van der Waals surface area contributed by atoms with Gasteiger partial charge in [0.2, 0.25) is 5.91 Å². The first-order chi connectivity index (χ1) is 12.8. The topological polar surface area (TPSA) is 137 Å². The molecule has 0 bridgehead atoms. The molecule has 1 aliphatic rings. The highest BCUT2D eigenvalue weighted by Gasteiger charge is 2.35. The molecular weight excluding hydrogens is 352 g/mol. The van der Waals surface area contributed by atoms with Crippen LogP contribution in [0.5, 0.6) is 0 Å². The van der Waals surface area contributed by atoms with Crippen molar-refractivity contribution in [3.05, 3.63) is 28.9 Å². The predicted molar refractivity (Wildman–Crippen MR) is 93.4 cm³/mol. The van der Waals surface area contributed by atoms with E-state index in [-0.39, 0.29) is 23.4 Å². The van der Waals surface area contributed by atoms with Crippen LogP contribution in [0, 0.1) is 19.8 Å². The van der Waals surface area contributed by atoms with Crippen LogP contribution in [0.1, 0.15) is 46.9 Å². The summed E-state index contributed by atoms with van der Waals surface area (Å²) in [6.07, 6.45) is 0.591. The first-order valence-corrected chi connectivity index (χ1v) is 8.88. The molecule has 10 nitrogen and oxygen atoms in total. The third-order valence-electron chi connectivity index (χ3n) is 4.87. The van der Waals surface area contributed by atoms with Gasteiger partial charge in [-0.25, -0.2) is 0 Å². The summed E-state index contributed by atoms with van der Waals surface area (Å²) < 4.78 is 5.02. The third-order valence-corrected chi connectivity index (χ3v) is 4.87. The summed E-state index contributed by atoms with van der Waals surface area (Å²) in [5.41, 5.74) is 1.39. The van der Waals surface area contributed by atoms with Crippen LogP contribution >= 0.6 is 0 Å². The molecule has 1 fully saturated rings. The average Bonchev–Trinajstić information content (AvgIpc) is 3.24. The molecule has 27 heavy (non-hydrogen) atoms. The second-order valence-corrected chi connectivity index (χ2v) is 7.04. The number of amides is 2. The number of carbonyl (C=O) groups excluding carboxylic acids is 2. The van der Waals surface area contributed by atoms with Gasteiger partial charge in [-0.2, -0.15) is 15.4 Å². The minimum Gasteiger partial charge on any atom is -0.391 e.